The number of rotatable bonds is 5. The van der Waals surface area contributed by atoms with Crippen molar-refractivity contribution in [1.29, 1.82) is 0 Å². The molecule has 0 aliphatic carbocycles. The van der Waals surface area contributed by atoms with Crippen molar-refractivity contribution in [2.45, 2.75) is 39.2 Å². The Morgan fingerprint density at radius 2 is 2.00 bits per heavy atom. The summed E-state index contributed by atoms with van der Waals surface area (Å²) in [5.74, 6) is 1.47. The Morgan fingerprint density at radius 1 is 1.29 bits per heavy atom. The number of nitrogens with zero attached hydrogens (tertiary/aromatic N) is 4. The van der Waals surface area contributed by atoms with Crippen molar-refractivity contribution in [2.75, 3.05) is 23.7 Å². The lowest BCUT2D eigenvalue weighted by atomic mass is 9.94. The first-order valence-electron chi connectivity index (χ1n) is 8.42. The Kier molecular flexibility index (Phi) is 4.78. The number of hydrogen-bond donors (Lipinski definition) is 1. The van der Waals surface area contributed by atoms with Gasteiger partial charge in [0, 0.05) is 25.3 Å². The highest BCUT2D eigenvalue weighted by Crippen LogP contribution is 2.30. The molecule has 3 heterocycles. The van der Waals surface area contributed by atoms with Crippen LogP contribution in [0.4, 0.5) is 5.82 Å². The van der Waals surface area contributed by atoms with Crippen molar-refractivity contribution < 1.29 is 8.42 Å². The van der Waals surface area contributed by atoms with E-state index in [4.69, 9.17) is 5.14 Å². The average Bonchev–Trinajstić information content (AvgIpc) is 2.97. The highest BCUT2D eigenvalue weighted by atomic mass is 32.2. The molecular weight excluding hydrogens is 326 g/mol. The first-order chi connectivity index (χ1) is 11.3. The lowest BCUT2D eigenvalue weighted by Crippen LogP contribution is -2.35. The molecule has 0 aromatic carbocycles. The minimum atomic E-state index is -3.36. The Balaban J connectivity index is 1.72. The van der Waals surface area contributed by atoms with Crippen LogP contribution in [0.1, 0.15) is 39.2 Å². The van der Waals surface area contributed by atoms with E-state index in [0.717, 1.165) is 42.8 Å². The summed E-state index contributed by atoms with van der Waals surface area (Å²) < 4.78 is 24.4. The SMILES string of the molecule is CC(C)n1ccc2c(N3CCC(CCS(N)(=O)=O)CC3)ncnc21. The van der Waals surface area contributed by atoms with Gasteiger partial charge in [0.1, 0.15) is 17.8 Å². The highest BCUT2D eigenvalue weighted by molar-refractivity contribution is 7.89. The maximum absolute atomic E-state index is 11.1. The van der Waals surface area contributed by atoms with Crippen LogP contribution in [0.3, 0.4) is 0 Å². The molecule has 0 unspecified atom stereocenters. The van der Waals surface area contributed by atoms with E-state index in [-0.39, 0.29) is 5.75 Å². The normalized spacial score (nSPS) is 17.1. The van der Waals surface area contributed by atoms with Gasteiger partial charge in [-0.2, -0.15) is 0 Å². The number of sulfonamides is 1. The zero-order chi connectivity index (χ0) is 17.3. The molecule has 1 saturated heterocycles. The molecule has 8 heteroatoms. The summed E-state index contributed by atoms with van der Waals surface area (Å²) in [6, 6.07) is 2.44. The van der Waals surface area contributed by atoms with E-state index in [0.29, 0.717) is 18.4 Å². The number of nitrogens with two attached hydrogens (primary N) is 1. The largest absolute Gasteiger partial charge is 0.356 e. The molecule has 1 aliphatic rings. The quantitative estimate of drug-likeness (QED) is 0.888. The smallest absolute Gasteiger partial charge is 0.209 e. The van der Waals surface area contributed by atoms with Gasteiger partial charge in [-0.05, 0) is 45.1 Å². The molecule has 2 N–H and O–H groups in total. The summed E-state index contributed by atoms with van der Waals surface area (Å²) in [6.07, 6.45) is 6.27. The van der Waals surface area contributed by atoms with E-state index in [9.17, 15) is 8.42 Å². The number of hydrogen-bond acceptors (Lipinski definition) is 5. The predicted molar refractivity (Wildman–Crippen MR) is 95.4 cm³/mol. The van der Waals surface area contributed by atoms with Crippen LogP contribution in [0.2, 0.25) is 0 Å². The number of aromatic nitrogens is 3. The highest BCUT2D eigenvalue weighted by Gasteiger charge is 2.23. The van der Waals surface area contributed by atoms with Gasteiger partial charge in [-0.1, -0.05) is 0 Å². The fourth-order valence-electron chi connectivity index (χ4n) is 3.39. The molecule has 24 heavy (non-hydrogen) atoms. The standard InChI is InChI=1S/C16H25N5O2S/c1-12(2)21-9-5-14-15(18-11-19-16(14)21)20-7-3-13(4-8-20)6-10-24(17,22)23/h5,9,11-13H,3-4,6-8,10H2,1-2H3,(H2,17,22,23). The van der Waals surface area contributed by atoms with Gasteiger partial charge in [0.2, 0.25) is 10.0 Å². The molecule has 0 bridgehead atoms. The molecule has 3 rings (SSSR count). The summed E-state index contributed by atoms with van der Waals surface area (Å²) in [7, 11) is -3.36. The third-order valence-electron chi connectivity index (χ3n) is 4.77. The number of primary sulfonamides is 1. The Labute approximate surface area is 142 Å². The van der Waals surface area contributed by atoms with Crippen LogP contribution in [-0.2, 0) is 10.0 Å². The van der Waals surface area contributed by atoms with Crippen LogP contribution in [0.25, 0.3) is 11.0 Å². The van der Waals surface area contributed by atoms with Crippen molar-refractivity contribution in [3.8, 4) is 0 Å². The molecule has 0 saturated carbocycles. The van der Waals surface area contributed by atoms with E-state index in [1.54, 1.807) is 6.33 Å². The minimum Gasteiger partial charge on any atom is -0.356 e. The van der Waals surface area contributed by atoms with Crippen LogP contribution < -0.4 is 10.0 Å². The fourth-order valence-corrected chi connectivity index (χ4v) is 4.05. The van der Waals surface area contributed by atoms with E-state index < -0.39 is 10.0 Å². The number of piperidine rings is 1. The van der Waals surface area contributed by atoms with Crippen LogP contribution in [0.15, 0.2) is 18.6 Å². The molecule has 2 aromatic rings. The maximum atomic E-state index is 11.1. The maximum Gasteiger partial charge on any atom is 0.209 e. The van der Waals surface area contributed by atoms with Crippen LogP contribution in [0, 0.1) is 5.92 Å². The zero-order valence-corrected chi connectivity index (χ0v) is 15.0. The van der Waals surface area contributed by atoms with Gasteiger partial charge in [0.05, 0.1) is 11.1 Å². The van der Waals surface area contributed by atoms with Crippen molar-refractivity contribution in [3.05, 3.63) is 18.6 Å². The van der Waals surface area contributed by atoms with Crippen molar-refractivity contribution in [2.24, 2.45) is 11.1 Å². The first kappa shape index (κ1) is 17.2. The summed E-state index contributed by atoms with van der Waals surface area (Å²) >= 11 is 0. The second-order valence-electron chi connectivity index (χ2n) is 6.84. The van der Waals surface area contributed by atoms with Gasteiger partial charge in [-0.15, -0.1) is 0 Å². The molecule has 0 radical (unpaired) electrons. The summed E-state index contributed by atoms with van der Waals surface area (Å²) in [5, 5.41) is 6.18. The predicted octanol–water partition coefficient (Wildman–Crippen LogP) is 1.91. The van der Waals surface area contributed by atoms with Gasteiger partial charge in [0.15, 0.2) is 0 Å². The molecule has 7 nitrogen and oxygen atoms in total. The molecule has 0 atom stereocenters. The van der Waals surface area contributed by atoms with E-state index in [2.05, 4.69) is 45.5 Å². The third kappa shape index (κ3) is 3.70. The molecular formula is C16H25N5O2S. The van der Waals surface area contributed by atoms with Crippen LogP contribution in [-0.4, -0.2) is 41.8 Å². The molecule has 2 aromatic heterocycles. The zero-order valence-electron chi connectivity index (χ0n) is 14.2. The van der Waals surface area contributed by atoms with E-state index >= 15 is 0 Å². The second-order valence-corrected chi connectivity index (χ2v) is 8.57. The van der Waals surface area contributed by atoms with Crippen molar-refractivity contribution >= 4 is 26.9 Å². The Morgan fingerprint density at radius 3 is 2.62 bits per heavy atom. The van der Waals surface area contributed by atoms with E-state index in [1.807, 2.05) is 0 Å². The van der Waals surface area contributed by atoms with Gasteiger partial charge in [-0.25, -0.2) is 23.5 Å². The van der Waals surface area contributed by atoms with Crippen molar-refractivity contribution in [3.63, 3.8) is 0 Å². The molecule has 0 amide bonds. The van der Waals surface area contributed by atoms with Gasteiger partial charge in [0.25, 0.3) is 0 Å². The fraction of sp³-hybridized carbons (Fsp3) is 0.625. The van der Waals surface area contributed by atoms with Gasteiger partial charge >= 0.3 is 0 Å². The minimum absolute atomic E-state index is 0.0760. The molecule has 132 valence electrons. The third-order valence-corrected chi connectivity index (χ3v) is 5.57. The molecule has 1 fully saturated rings. The summed E-state index contributed by atoms with van der Waals surface area (Å²) in [4.78, 5) is 11.2. The lowest BCUT2D eigenvalue weighted by molar-refractivity contribution is 0.394. The summed E-state index contributed by atoms with van der Waals surface area (Å²) in [6.45, 7) is 6.04. The lowest BCUT2D eigenvalue weighted by Gasteiger charge is -2.33. The first-order valence-corrected chi connectivity index (χ1v) is 10.1. The molecule has 0 spiro atoms. The summed E-state index contributed by atoms with van der Waals surface area (Å²) in [5.41, 5.74) is 0.964. The van der Waals surface area contributed by atoms with E-state index in [1.165, 1.54) is 0 Å². The monoisotopic (exact) mass is 351 g/mol. The molecule has 1 aliphatic heterocycles. The van der Waals surface area contributed by atoms with Gasteiger partial charge in [-0.3, -0.25) is 0 Å². The van der Waals surface area contributed by atoms with Gasteiger partial charge < -0.3 is 9.47 Å². The number of fused-ring (bicyclic) bond motifs is 1. The number of anilines is 1. The van der Waals surface area contributed by atoms with Crippen LogP contribution in [0.5, 0.6) is 0 Å². The van der Waals surface area contributed by atoms with Crippen molar-refractivity contribution in [1.82, 2.24) is 14.5 Å². The topological polar surface area (TPSA) is 94.1 Å². The average molecular weight is 351 g/mol. The van der Waals surface area contributed by atoms with Crippen LogP contribution >= 0.6 is 0 Å². The Hall–Kier alpha value is -1.67. The second kappa shape index (κ2) is 6.68. The Bertz CT molecular complexity index is 807.